The number of ether oxygens (including phenoxy) is 1. The van der Waals surface area contributed by atoms with Gasteiger partial charge in [0.2, 0.25) is 0 Å². The van der Waals surface area contributed by atoms with Gasteiger partial charge in [-0.05, 0) is 38.8 Å². The van der Waals surface area contributed by atoms with Gasteiger partial charge in [0, 0.05) is 45.1 Å². The van der Waals surface area contributed by atoms with E-state index in [2.05, 4.69) is 20.4 Å². The summed E-state index contributed by atoms with van der Waals surface area (Å²) >= 11 is 0. The molecule has 0 bridgehead atoms. The molecule has 0 radical (unpaired) electrons. The maximum atomic E-state index is 6.08. The molecule has 2 heterocycles. The molecule has 1 saturated heterocycles. The number of guanidine groups is 1. The number of hydrogen-bond acceptors (Lipinski definition) is 4. The van der Waals surface area contributed by atoms with Gasteiger partial charge in [-0.1, -0.05) is 23.4 Å². The van der Waals surface area contributed by atoms with Gasteiger partial charge in [0.25, 0.3) is 0 Å². The molecule has 1 aliphatic rings. The molecule has 3 rings (SSSR count). The van der Waals surface area contributed by atoms with Crippen LogP contribution in [0.15, 0.2) is 39.8 Å². The van der Waals surface area contributed by atoms with Crippen molar-refractivity contribution in [1.82, 2.24) is 15.4 Å². The summed E-state index contributed by atoms with van der Waals surface area (Å²) in [6, 6.07) is 10.1. The molecule has 27 heavy (non-hydrogen) atoms. The average Bonchev–Trinajstić information content (AvgIpc) is 3.01. The zero-order valence-electron chi connectivity index (χ0n) is 16.6. The fourth-order valence-corrected chi connectivity index (χ4v) is 3.53. The lowest BCUT2D eigenvalue weighted by Crippen LogP contribution is -2.47. The molecule has 1 aromatic carbocycles. The summed E-state index contributed by atoms with van der Waals surface area (Å²) in [6.07, 6.45) is 4.29. The quantitative estimate of drug-likeness (QED) is 0.480. The maximum Gasteiger partial charge on any atom is 0.193 e. The Balaban J connectivity index is 1.40. The van der Waals surface area contributed by atoms with Gasteiger partial charge in [0.05, 0.1) is 5.69 Å². The summed E-state index contributed by atoms with van der Waals surface area (Å²) in [6.45, 7) is 6.78. The highest BCUT2D eigenvalue weighted by atomic mass is 16.5. The first-order valence-corrected chi connectivity index (χ1v) is 9.76. The molecule has 0 saturated carbocycles. The second kappa shape index (κ2) is 9.44. The SMILES string of the molecule is CN=C(NCCCc1c(C)noc1C)N1CCC(Oc2ccccc2)CC1. The minimum atomic E-state index is 0.279. The highest BCUT2D eigenvalue weighted by Crippen LogP contribution is 2.19. The Bertz CT molecular complexity index is 714. The van der Waals surface area contributed by atoms with Crippen molar-refractivity contribution in [1.29, 1.82) is 0 Å². The zero-order valence-corrected chi connectivity index (χ0v) is 16.6. The molecule has 1 N–H and O–H groups in total. The smallest absolute Gasteiger partial charge is 0.193 e. The van der Waals surface area contributed by atoms with Crippen molar-refractivity contribution in [2.45, 2.75) is 45.6 Å². The molecule has 2 aromatic rings. The lowest BCUT2D eigenvalue weighted by Gasteiger charge is -2.34. The third kappa shape index (κ3) is 5.25. The number of nitrogens with zero attached hydrogens (tertiary/aromatic N) is 3. The number of aliphatic imine (C=N–C) groups is 1. The molecule has 0 atom stereocenters. The van der Waals surface area contributed by atoms with Gasteiger partial charge in [-0.25, -0.2) is 0 Å². The van der Waals surface area contributed by atoms with Crippen molar-refractivity contribution < 1.29 is 9.26 Å². The molecule has 6 heteroatoms. The molecule has 146 valence electrons. The Morgan fingerprint density at radius 2 is 2.00 bits per heavy atom. The molecular formula is C21H30N4O2. The van der Waals surface area contributed by atoms with E-state index >= 15 is 0 Å². The third-order valence-corrected chi connectivity index (χ3v) is 5.07. The van der Waals surface area contributed by atoms with Gasteiger partial charge in [-0.2, -0.15) is 0 Å². The number of likely N-dealkylation sites (tertiary alicyclic amines) is 1. The van der Waals surface area contributed by atoms with Gasteiger partial charge >= 0.3 is 0 Å². The third-order valence-electron chi connectivity index (χ3n) is 5.07. The van der Waals surface area contributed by atoms with Crippen molar-refractivity contribution in [2.75, 3.05) is 26.7 Å². The van der Waals surface area contributed by atoms with Gasteiger partial charge in [0.1, 0.15) is 17.6 Å². The van der Waals surface area contributed by atoms with Crippen LogP contribution in [0.4, 0.5) is 0 Å². The summed E-state index contributed by atoms with van der Waals surface area (Å²) in [7, 11) is 1.85. The second-order valence-corrected chi connectivity index (χ2v) is 7.00. The number of rotatable bonds is 6. The molecule has 0 spiro atoms. The molecular weight excluding hydrogens is 340 g/mol. The van der Waals surface area contributed by atoms with Gasteiger partial charge in [-0.3, -0.25) is 4.99 Å². The lowest BCUT2D eigenvalue weighted by atomic mass is 10.1. The van der Waals surface area contributed by atoms with E-state index in [1.807, 2.05) is 51.2 Å². The van der Waals surface area contributed by atoms with Crippen LogP contribution in [0.3, 0.4) is 0 Å². The van der Waals surface area contributed by atoms with E-state index in [-0.39, 0.29) is 6.10 Å². The Labute approximate surface area is 161 Å². The second-order valence-electron chi connectivity index (χ2n) is 7.00. The molecule has 0 amide bonds. The number of hydrogen-bond donors (Lipinski definition) is 1. The molecule has 0 unspecified atom stereocenters. The van der Waals surface area contributed by atoms with Crippen molar-refractivity contribution in [3.63, 3.8) is 0 Å². The zero-order chi connectivity index (χ0) is 19.1. The summed E-state index contributed by atoms with van der Waals surface area (Å²) in [4.78, 5) is 6.77. The van der Waals surface area contributed by atoms with Crippen molar-refractivity contribution >= 4 is 5.96 Å². The first-order valence-electron chi connectivity index (χ1n) is 9.76. The lowest BCUT2D eigenvalue weighted by molar-refractivity contribution is 0.129. The van der Waals surface area contributed by atoms with Crippen LogP contribution in [0.5, 0.6) is 5.75 Å². The predicted octanol–water partition coefficient (Wildman–Crippen LogP) is 3.34. The van der Waals surface area contributed by atoms with E-state index < -0.39 is 0 Å². The van der Waals surface area contributed by atoms with Crippen LogP contribution in [0.25, 0.3) is 0 Å². The van der Waals surface area contributed by atoms with Crippen LogP contribution in [-0.4, -0.2) is 48.8 Å². The topological polar surface area (TPSA) is 62.9 Å². The molecule has 6 nitrogen and oxygen atoms in total. The number of para-hydroxylation sites is 1. The van der Waals surface area contributed by atoms with Crippen LogP contribution in [0.2, 0.25) is 0 Å². The Kier molecular flexibility index (Phi) is 6.74. The van der Waals surface area contributed by atoms with E-state index in [9.17, 15) is 0 Å². The van der Waals surface area contributed by atoms with E-state index in [0.717, 1.165) is 68.5 Å². The molecule has 1 aromatic heterocycles. The number of aryl methyl sites for hydroxylation is 2. The summed E-state index contributed by atoms with van der Waals surface area (Å²) in [5.74, 6) is 2.86. The Morgan fingerprint density at radius 3 is 2.63 bits per heavy atom. The molecule has 1 fully saturated rings. The van der Waals surface area contributed by atoms with E-state index in [1.54, 1.807) is 0 Å². The predicted molar refractivity (Wildman–Crippen MR) is 107 cm³/mol. The minimum Gasteiger partial charge on any atom is -0.490 e. The first kappa shape index (κ1) is 19.3. The Hall–Kier alpha value is -2.50. The van der Waals surface area contributed by atoms with Crippen molar-refractivity contribution in [3.05, 3.63) is 47.3 Å². The number of aromatic nitrogens is 1. The summed E-state index contributed by atoms with van der Waals surface area (Å²) in [5, 5.41) is 7.51. The van der Waals surface area contributed by atoms with Crippen molar-refractivity contribution in [2.24, 2.45) is 4.99 Å². The van der Waals surface area contributed by atoms with Crippen LogP contribution in [-0.2, 0) is 6.42 Å². The van der Waals surface area contributed by atoms with E-state index in [0.29, 0.717) is 0 Å². The van der Waals surface area contributed by atoms with Crippen LogP contribution < -0.4 is 10.1 Å². The maximum absolute atomic E-state index is 6.08. The minimum absolute atomic E-state index is 0.279. The van der Waals surface area contributed by atoms with Gasteiger partial charge in [0.15, 0.2) is 5.96 Å². The van der Waals surface area contributed by atoms with Gasteiger partial charge in [-0.15, -0.1) is 0 Å². The van der Waals surface area contributed by atoms with Crippen molar-refractivity contribution in [3.8, 4) is 5.75 Å². The van der Waals surface area contributed by atoms with Crippen LogP contribution in [0, 0.1) is 13.8 Å². The van der Waals surface area contributed by atoms with E-state index in [1.165, 1.54) is 5.56 Å². The fraction of sp³-hybridized carbons (Fsp3) is 0.524. The number of benzene rings is 1. The molecule has 0 aliphatic carbocycles. The summed E-state index contributed by atoms with van der Waals surface area (Å²) < 4.78 is 11.3. The standard InChI is InChI=1S/C21H30N4O2/c1-16-20(17(2)27-24-16)10-7-13-23-21(22-3)25-14-11-19(12-15-25)26-18-8-5-4-6-9-18/h4-6,8-9,19H,7,10-15H2,1-3H3,(H,22,23). The van der Waals surface area contributed by atoms with Crippen LogP contribution >= 0.6 is 0 Å². The Morgan fingerprint density at radius 1 is 1.26 bits per heavy atom. The monoisotopic (exact) mass is 370 g/mol. The fourth-order valence-electron chi connectivity index (χ4n) is 3.53. The highest BCUT2D eigenvalue weighted by Gasteiger charge is 2.22. The summed E-state index contributed by atoms with van der Waals surface area (Å²) in [5.41, 5.74) is 2.23. The van der Waals surface area contributed by atoms with Crippen LogP contribution in [0.1, 0.15) is 36.3 Å². The number of piperidine rings is 1. The number of nitrogens with one attached hydrogen (secondary N) is 1. The largest absolute Gasteiger partial charge is 0.490 e. The highest BCUT2D eigenvalue weighted by molar-refractivity contribution is 5.79. The average molecular weight is 370 g/mol. The van der Waals surface area contributed by atoms with Gasteiger partial charge < -0.3 is 19.5 Å². The first-order chi connectivity index (χ1) is 13.2. The molecule has 1 aliphatic heterocycles. The normalized spacial score (nSPS) is 15.8. The van der Waals surface area contributed by atoms with E-state index in [4.69, 9.17) is 9.26 Å².